The summed E-state index contributed by atoms with van der Waals surface area (Å²) in [4.78, 5) is 15.4. The van der Waals surface area contributed by atoms with Gasteiger partial charge in [0.15, 0.2) is 0 Å². The number of para-hydroxylation sites is 1. The van der Waals surface area contributed by atoms with Crippen molar-refractivity contribution < 1.29 is 32.0 Å². The van der Waals surface area contributed by atoms with Gasteiger partial charge in [-0.15, -0.1) is 0 Å². The third-order valence-electron chi connectivity index (χ3n) is 11.0. The van der Waals surface area contributed by atoms with E-state index in [1.54, 1.807) is 6.07 Å². The second-order valence-corrected chi connectivity index (χ2v) is 17.5. The first-order chi connectivity index (χ1) is 27.6. The summed E-state index contributed by atoms with van der Waals surface area (Å²) in [6, 6.07) is 23.9. The van der Waals surface area contributed by atoms with Gasteiger partial charge in [-0.2, -0.15) is 8.42 Å². The molecule has 9 nitrogen and oxygen atoms in total. The average molecular weight is 809 g/mol. The Bertz CT molecular complexity index is 2160. The van der Waals surface area contributed by atoms with Gasteiger partial charge in [-0.1, -0.05) is 95.0 Å². The number of nitrogens with zero attached hydrogens (tertiary/aromatic N) is 1. The smallest absolute Gasteiger partial charge is 0.264 e. The lowest BCUT2D eigenvalue weighted by Crippen LogP contribution is -2.28. The summed E-state index contributed by atoms with van der Waals surface area (Å²) in [6.45, 7) is 19.9. The van der Waals surface area contributed by atoms with E-state index in [0.29, 0.717) is 45.1 Å². The summed E-state index contributed by atoms with van der Waals surface area (Å²) in [5, 5.41) is 2.95. The zero-order valence-electron chi connectivity index (χ0n) is 35.0. The number of hydrogen-bond acceptors (Lipinski definition) is 7. The summed E-state index contributed by atoms with van der Waals surface area (Å²) in [5.74, 6) is 0.982. The molecular weight excluding hydrogens is 749 g/mol. The Labute approximate surface area is 345 Å². The van der Waals surface area contributed by atoms with Gasteiger partial charge in [-0.05, 0) is 109 Å². The number of ether oxygens (including phenoxy) is 3. The Morgan fingerprint density at radius 3 is 2.43 bits per heavy atom. The SMILES string of the molecule is C=C(/C=C/C1=C(Oc2ccccc2)C(=C/C=C2/N(CCCS(=O)(=O)O)c3ccc(C(=O)NCCOCCOCC)cc3C2(C)C)/CCC1)C(C)(C)c1ccccc1C. The molecule has 58 heavy (non-hydrogen) atoms. The third kappa shape index (κ3) is 11.3. The lowest BCUT2D eigenvalue weighted by Gasteiger charge is -2.28. The van der Waals surface area contributed by atoms with Crippen molar-refractivity contribution in [3.05, 3.63) is 154 Å². The molecule has 3 aromatic carbocycles. The monoisotopic (exact) mass is 808 g/mol. The molecule has 0 aromatic heterocycles. The molecule has 1 heterocycles. The van der Waals surface area contributed by atoms with E-state index < -0.39 is 15.5 Å². The zero-order chi connectivity index (χ0) is 41.9. The van der Waals surface area contributed by atoms with E-state index >= 15 is 0 Å². The maximum absolute atomic E-state index is 13.3. The van der Waals surface area contributed by atoms with Gasteiger partial charge >= 0.3 is 0 Å². The Balaban J connectivity index is 1.49. The molecule has 1 aliphatic carbocycles. The predicted molar refractivity (Wildman–Crippen MR) is 234 cm³/mol. The molecule has 0 saturated heterocycles. The molecule has 1 amide bonds. The van der Waals surface area contributed by atoms with Crippen molar-refractivity contribution in [3.63, 3.8) is 0 Å². The van der Waals surface area contributed by atoms with E-state index in [4.69, 9.17) is 14.2 Å². The van der Waals surface area contributed by atoms with Crippen LogP contribution < -0.4 is 15.0 Å². The highest BCUT2D eigenvalue weighted by atomic mass is 32.2. The van der Waals surface area contributed by atoms with E-state index in [0.717, 1.165) is 64.4 Å². The van der Waals surface area contributed by atoms with E-state index in [1.807, 2.05) is 49.4 Å². The zero-order valence-corrected chi connectivity index (χ0v) is 35.8. The van der Waals surface area contributed by atoms with Crippen LogP contribution in [0.3, 0.4) is 0 Å². The first-order valence-corrected chi connectivity index (χ1v) is 21.9. The first-order valence-electron chi connectivity index (χ1n) is 20.3. The van der Waals surface area contributed by atoms with Crippen LogP contribution >= 0.6 is 0 Å². The lowest BCUT2D eigenvalue weighted by atomic mass is 9.76. The Hall–Kier alpha value is -4.74. The Morgan fingerprint density at radius 2 is 1.71 bits per heavy atom. The maximum atomic E-state index is 13.3. The number of carbonyl (C=O) groups excluding carboxylic acids is 1. The quantitative estimate of drug-likeness (QED) is 0.0700. The number of nitrogens with one attached hydrogen (secondary N) is 1. The number of allylic oxidation sites excluding steroid dienone is 8. The van der Waals surface area contributed by atoms with E-state index in [1.165, 1.54) is 11.1 Å². The van der Waals surface area contributed by atoms with Crippen molar-refractivity contribution >= 4 is 21.7 Å². The van der Waals surface area contributed by atoms with Gasteiger partial charge in [0, 0.05) is 47.5 Å². The van der Waals surface area contributed by atoms with Crippen LogP contribution in [0.4, 0.5) is 5.69 Å². The molecule has 10 heteroatoms. The summed E-state index contributed by atoms with van der Waals surface area (Å²) < 4.78 is 50.7. The minimum Gasteiger partial charge on any atom is -0.457 e. The molecule has 0 saturated carbocycles. The molecular formula is C48H60N2O7S. The van der Waals surface area contributed by atoms with Gasteiger partial charge < -0.3 is 24.4 Å². The van der Waals surface area contributed by atoms with Crippen LogP contribution in [-0.4, -0.2) is 64.1 Å². The molecule has 2 aliphatic rings. The molecule has 2 N–H and O–H groups in total. The molecule has 3 aromatic rings. The van der Waals surface area contributed by atoms with Gasteiger partial charge in [0.2, 0.25) is 0 Å². The van der Waals surface area contributed by atoms with Gasteiger partial charge in [-0.25, -0.2) is 0 Å². The summed E-state index contributed by atoms with van der Waals surface area (Å²) in [7, 11) is -4.15. The second-order valence-electron chi connectivity index (χ2n) is 15.9. The lowest BCUT2D eigenvalue weighted by molar-refractivity contribution is 0.0531. The van der Waals surface area contributed by atoms with Crippen molar-refractivity contribution in [1.82, 2.24) is 5.32 Å². The molecule has 0 radical (unpaired) electrons. The van der Waals surface area contributed by atoms with Crippen molar-refractivity contribution in [2.75, 3.05) is 50.2 Å². The van der Waals surface area contributed by atoms with Crippen LogP contribution in [0.2, 0.25) is 0 Å². The van der Waals surface area contributed by atoms with E-state index in [2.05, 4.69) is 100.0 Å². The van der Waals surface area contributed by atoms with Crippen molar-refractivity contribution in [2.45, 2.75) is 78.1 Å². The largest absolute Gasteiger partial charge is 0.457 e. The summed E-state index contributed by atoms with van der Waals surface area (Å²) in [5.41, 5.74) is 8.06. The number of fused-ring (bicyclic) bond motifs is 1. The molecule has 5 rings (SSSR count). The van der Waals surface area contributed by atoms with Crippen LogP contribution in [0.5, 0.6) is 5.75 Å². The molecule has 0 spiro atoms. The summed E-state index contributed by atoms with van der Waals surface area (Å²) in [6.07, 6.45) is 11.3. The fourth-order valence-corrected chi connectivity index (χ4v) is 8.15. The molecule has 0 unspecified atom stereocenters. The third-order valence-corrected chi connectivity index (χ3v) is 11.8. The number of aryl methyl sites for hydroxylation is 1. The highest BCUT2D eigenvalue weighted by Gasteiger charge is 2.40. The Morgan fingerprint density at radius 1 is 0.983 bits per heavy atom. The number of hydrogen-bond donors (Lipinski definition) is 2. The fourth-order valence-electron chi connectivity index (χ4n) is 7.66. The van der Waals surface area contributed by atoms with Crippen LogP contribution in [0.1, 0.15) is 87.4 Å². The van der Waals surface area contributed by atoms with Crippen molar-refractivity contribution in [2.24, 2.45) is 0 Å². The minimum atomic E-state index is -4.15. The van der Waals surface area contributed by atoms with Crippen molar-refractivity contribution in [1.29, 1.82) is 0 Å². The standard InChI is InChI=1S/C48H60N2O7S/c1-8-55-31-32-56-30-28-49-46(51)39-24-26-43-42(34-39)48(6,7)44(50(43)29-15-33-58(52,53)54)27-25-38-18-14-17-37(45(38)57-40-19-10-9-11-20-40)23-22-36(3)47(4,5)41-21-13-12-16-35(41)2/h9-13,16,19-27,34H,3,8,14-15,17-18,28-33H2,1-2,4-7H3,(H,49,51)(H,52,53,54)/b23-22+,38-25+,44-27+. The van der Waals surface area contributed by atoms with Crippen LogP contribution in [0.25, 0.3) is 0 Å². The van der Waals surface area contributed by atoms with Gasteiger partial charge in [0.1, 0.15) is 11.5 Å². The van der Waals surface area contributed by atoms with Gasteiger partial charge in [-0.3, -0.25) is 9.35 Å². The normalized spacial score (nSPS) is 17.0. The average Bonchev–Trinajstić information content (AvgIpc) is 3.40. The van der Waals surface area contributed by atoms with Crippen LogP contribution in [0, 0.1) is 6.92 Å². The number of carbonyl (C=O) groups is 1. The number of rotatable bonds is 19. The van der Waals surface area contributed by atoms with Crippen LogP contribution in [-0.2, 0) is 30.4 Å². The number of benzene rings is 3. The highest BCUT2D eigenvalue weighted by Crippen LogP contribution is 2.48. The number of amides is 1. The molecule has 0 fully saturated rings. The minimum absolute atomic E-state index is 0.204. The van der Waals surface area contributed by atoms with Gasteiger partial charge in [0.05, 0.1) is 25.6 Å². The molecule has 0 bridgehead atoms. The van der Waals surface area contributed by atoms with Crippen LogP contribution in [0.15, 0.2) is 132 Å². The topological polar surface area (TPSA) is 114 Å². The number of anilines is 1. The first kappa shape index (κ1) is 44.4. The Kier molecular flexibility index (Phi) is 15.2. The molecule has 0 atom stereocenters. The van der Waals surface area contributed by atoms with E-state index in [9.17, 15) is 17.8 Å². The predicted octanol–water partition coefficient (Wildman–Crippen LogP) is 9.57. The van der Waals surface area contributed by atoms with Crippen molar-refractivity contribution in [3.8, 4) is 5.75 Å². The summed E-state index contributed by atoms with van der Waals surface area (Å²) >= 11 is 0. The molecule has 1 aliphatic heterocycles. The maximum Gasteiger partial charge on any atom is 0.264 e. The van der Waals surface area contributed by atoms with E-state index in [-0.39, 0.29) is 23.5 Å². The second kappa shape index (κ2) is 19.8. The fraction of sp³-hybridized carbons (Fsp3) is 0.396. The van der Waals surface area contributed by atoms with Gasteiger partial charge in [0.25, 0.3) is 16.0 Å². The highest BCUT2D eigenvalue weighted by molar-refractivity contribution is 7.85. The molecule has 310 valence electrons.